The number of aldehydes is 1. The summed E-state index contributed by atoms with van der Waals surface area (Å²) in [6, 6.07) is 0. The lowest BCUT2D eigenvalue weighted by Gasteiger charge is -2.15. The Labute approximate surface area is 66.0 Å². The Morgan fingerprint density at radius 1 is 1.36 bits per heavy atom. The quantitative estimate of drug-likeness (QED) is 0.440. The first kappa shape index (κ1) is 8.43. The monoisotopic (exact) mass is 156 g/mol. The van der Waals surface area contributed by atoms with Crippen molar-refractivity contribution in [3.05, 3.63) is 12.7 Å². The van der Waals surface area contributed by atoms with Crippen molar-refractivity contribution in [1.29, 1.82) is 0 Å². The van der Waals surface area contributed by atoms with Gasteiger partial charge in [0.2, 0.25) is 0 Å². The average molecular weight is 156 g/mol. The minimum Gasteiger partial charge on any atom is -0.340 e. The normalized spacial score (nSPS) is 35.1. The maximum Gasteiger partial charge on any atom is 0.164 e. The number of hydrogen-bond acceptors (Lipinski definition) is 3. The number of carbonyl (C=O) groups excluding carboxylic acids is 1. The van der Waals surface area contributed by atoms with Crippen LogP contribution in [0.5, 0.6) is 0 Å². The number of ether oxygens (including phenoxy) is 2. The van der Waals surface area contributed by atoms with Crippen LogP contribution in [0.2, 0.25) is 0 Å². The zero-order valence-electron chi connectivity index (χ0n) is 6.74. The minimum absolute atomic E-state index is 0.303. The second-order valence-electron chi connectivity index (χ2n) is 2.94. The molecule has 0 aliphatic carbocycles. The van der Waals surface area contributed by atoms with Crippen molar-refractivity contribution in [3.63, 3.8) is 0 Å². The predicted molar refractivity (Wildman–Crippen MR) is 40.1 cm³/mol. The molecular weight excluding hydrogens is 144 g/mol. The molecular formula is C8H12O3. The highest BCUT2D eigenvalue weighted by molar-refractivity contribution is 5.58. The molecule has 3 heteroatoms. The summed E-state index contributed by atoms with van der Waals surface area (Å²) in [5.41, 5.74) is 0. The van der Waals surface area contributed by atoms with Gasteiger partial charge in [0, 0.05) is 0 Å². The second kappa shape index (κ2) is 2.75. The van der Waals surface area contributed by atoms with E-state index in [4.69, 9.17) is 9.47 Å². The Balaban J connectivity index is 2.69. The van der Waals surface area contributed by atoms with Gasteiger partial charge in [0.05, 0.1) is 0 Å². The van der Waals surface area contributed by atoms with Gasteiger partial charge in [-0.15, -0.1) is 6.58 Å². The summed E-state index contributed by atoms with van der Waals surface area (Å²) in [4.78, 5) is 10.4. The van der Waals surface area contributed by atoms with E-state index in [1.165, 1.54) is 0 Å². The lowest BCUT2D eigenvalue weighted by Crippen LogP contribution is -2.22. The van der Waals surface area contributed by atoms with Crippen molar-refractivity contribution >= 4 is 6.29 Å². The van der Waals surface area contributed by atoms with Gasteiger partial charge in [-0.2, -0.15) is 0 Å². The van der Waals surface area contributed by atoms with Gasteiger partial charge in [-0.05, 0) is 13.8 Å². The molecule has 1 heterocycles. The lowest BCUT2D eigenvalue weighted by molar-refractivity contribution is -0.148. The fraction of sp³-hybridized carbons (Fsp3) is 0.625. The fourth-order valence-corrected chi connectivity index (χ4v) is 1.10. The molecule has 0 N–H and O–H groups in total. The Bertz CT molecular complexity index is 156. The molecule has 1 aliphatic heterocycles. The first-order valence-electron chi connectivity index (χ1n) is 3.52. The summed E-state index contributed by atoms with van der Waals surface area (Å²) < 4.78 is 10.6. The third-order valence-corrected chi connectivity index (χ3v) is 1.53. The van der Waals surface area contributed by atoms with Gasteiger partial charge in [-0.25, -0.2) is 0 Å². The highest BCUT2D eigenvalue weighted by Crippen LogP contribution is 2.27. The van der Waals surface area contributed by atoms with Crippen LogP contribution in [-0.4, -0.2) is 24.3 Å². The van der Waals surface area contributed by atoms with Crippen LogP contribution < -0.4 is 0 Å². The van der Waals surface area contributed by atoms with Crippen molar-refractivity contribution in [2.75, 3.05) is 0 Å². The predicted octanol–water partition coefficient (Wildman–Crippen LogP) is 0.891. The van der Waals surface area contributed by atoms with Gasteiger partial charge in [0.1, 0.15) is 12.2 Å². The molecule has 1 rings (SSSR count). The molecule has 0 bridgehead atoms. The van der Waals surface area contributed by atoms with Gasteiger partial charge in [-0.1, -0.05) is 6.08 Å². The zero-order chi connectivity index (χ0) is 8.48. The standard InChI is InChI=1S/C8H12O3/c1-4-6-7(5-9)11-8(2,3)10-6/h4-7H,1H2,2-3H3. The Hall–Kier alpha value is -0.670. The van der Waals surface area contributed by atoms with Crippen molar-refractivity contribution in [2.45, 2.75) is 31.8 Å². The topological polar surface area (TPSA) is 35.5 Å². The van der Waals surface area contributed by atoms with Crippen LogP contribution in [0.4, 0.5) is 0 Å². The molecule has 0 aromatic heterocycles. The number of rotatable bonds is 2. The molecule has 2 atom stereocenters. The lowest BCUT2D eigenvalue weighted by atomic mass is 10.2. The molecule has 62 valence electrons. The first-order chi connectivity index (χ1) is 5.09. The molecule has 0 radical (unpaired) electrons. The van der Waals surface area contributed by atoms with Crippen molar-refractivity contribution in [1.82, 2.24) is 0 Å². The van der Waals surface area contributed by atoms with E-state index in [0.717, 1.165) is 6.29 Å². The Morgan fingerprint density at radius 3 is 2.27 bits per heavy atom. The van der Waals surface area contributed by atoms with Gasteiger partial charge in [-0.3, -0.25) is 0 Å². The van der Waals surface area contributed by atoms with E-state index in [0.29, 0.717) is 0 Å². The van der Waals surface area contributed by atoms with Gasteiger partial charge in [0.15, 0.2) is 12.1 Å². The molecule has 0 aromatic rings. The summed E-state index contributed by atoms with van der Waals surface area (Å²) in [7, 11) is 0. The van der Waals surface area contributed by atoms with Crippen LogP contribution in [0, 0.1) is 0 Å². The van der Waals surface area contributed by atoms with E-state index in [1.807, 2.05) is 0 Å². The fourth-order valence-electron chi connectivity index (χ4n) is 1.10. The van der Waals surface area contributed by atoms with Crippen LogP contribution in [0.15, 0.2) is 12.7 Å². The largest absolute Gasteiger partial charge is 0.340 e. The molecule has 0 aromatic carbocycles. The smallest absolute Gasteiger partial charge is 0.164 e. The summed E-state index contributed by atoms with van der Waals surface area (Å²) in [6.45, 7) is 7.08. The van der Waals surface area contributed by atoms with Crippen LogP contribution in [0.3, 0.4) is 0 Å². The maximum absolute atomic E-state index is 10.4. The van der Waals surface area contributed by atoms with Gasteiger partial charge < -0.3 is 14.3 Å². The van der Waals surface area contributed by atoms with E-state index < -0.39 is 11.9 Å². The van der Waals surface area contributed by atoms with E-state index >= 15 is 0 Å². The van der Waals surface area contributed by atoms with E-state index in [9.17, 15) is 4.79 Å². The van der Waals surface area contributed by atoms with Crippen LogP contribution in [0.25, 0.3) is 0 Å². The van der Waals surface area contributed by atoms with Crippen LogP contribution in [0.1, 0.15) is 13.8 Å². The molecule has 1 saturated heterocycles. The SMILES string of the molecule is C=CC1OC(C)(C)OC1C=O. The third-order valence-electron chi connectivity index (χ3n) is 1.53. The molecule has 2 unspecified atom stereocenters. The summed E-state index contributed by atoms with van der Waals surface area (Å²) >= 11 is 0. The number of hydrogen-bond donors (Lipinski definition) is 0. The maximum atomic E-state index is 10.4. The second-order valence-corrected chi connectivity index (χ2v) is 2.94. The molecule has 3 nitrogen and oxygen atoms in total. The highest BCUT2D eigenvalue weighted by atomic mass is 16.8. The summed E-state index contributed by atoms with van der Waals surface area (Å²) in [5, 5.41) is 0. The van der Waals surface area contributed by atoms with Crippen molar-refractivity contribution < 1.29 is 14.3 Å². The molecule has 1 fully saturated rings. The van der Waals surface area contributed by atoms with Crippen LogP contribution in [-0.2, 0) is 14.3 Å². The Kier molecular flexibility index (Phi) is 2.11. The van der Waals surface area contributed by atoms with Crippen LogP contribution >= 0.6 is 0 Å². The molecule has 1 aliphatic rings. The van der Waals surface area contributed by atoms with Crippen molar-refractivity contribution in [2.24, 2.45) is 0 Å². The zero-order valence-corrected chi connectivity index (χ0v) is 6.74. The molecule has 0 amide bonds. The van der Waals surface area contributed by atoms with Gasteiger partial charge >= 0.3 is 0 Å². The summed E-state index contributed by atoms with van der Waals surface area (Å²) in [6.07, 6.45) is 1.51. The highest BCUT2D eigenvalue weighted by Gasteiger charge is 2.39. The third kappa shape index (κ3) is 1.67. The van der Waals surface area contributed by atoms with Crippen molar-refractivity contribution in [3.8, 4) is 0 Å². The Morgan fingerprint density at radius 2 is 1.91 bits per heavy atom. The molecule has 0 saturated carbocycles. The van der Waals surface area contributed by atoms with E-state index in [2.05, 4.69) is 6.58 Å². The van der Waals surface area contributed by atoms with E-state index in [1.54, 1.807) is 19.9 Å². The molecule has 0 spiro atoms. The van der Waals surface area contributed by atoms with Gasteiger partial charge in [0.25, 0.3) is 0 Å². The number of carbonyl (C=O) groups is 1. The first-order valence-corrected chi connectivity index (χ1v) is 3.52. The molecule has 11 heavy (non-hydrogen) atoms. The average Bonchev–Trinajstić information content (AvgIpc) is 2.25. The van der Waals surface area contributed by atoms with E-state index in [-0.39, 0.29) is 6.10 Å². The minimum atomic E-state index is -0.662. The summed E-state index contributed by atoms with van der Waals surface area (Å²) in [5.74, 6) is -0.662.